The molecule has 0 saturated carbocycles. The molecule has 4 heavy (non-hydrogen) atoms. The SMILES string of the molecule is O=[O+]OCl. The van der Waals surface area contributed by atoms with Crippen molar-refractivity contribution < 1.29 is 4.44 Å². The lowest BCUT2D eigenvalue weighted by Crippen LogP contribution is -1.43. The third kappa shape index (κ3) is 1.69. The maximum Gasteiger partial charge on any atom is 0.398 e. The quantitative estimate of drug-likeness (QED) is 0.266. The zero-order valence-electron chi connectivity index (χ0n) is 1.60. The van der Waals surface area contributed by atoms with E-state index in [9.17, 15) is 0 Å². The van der Waals surface area contributed by atoms with E-state index in [1.807, 2.05) is 0 Å². The van der Waals surface area contributed by atoms with E-state index in [2.05, 4.69) is 21.1 Å². The summed E-state index contributed by atoms with van der Waals surface area (Å²) >= 11 is 4.15. The van der Waals surface area contributed by atoms with Gasteiger partial charge < -0.3 is 0 Å². The summed E-state index contributed by atoms with van der Waals surface area (Å²) in [4.78, 5) is 8.44. The van der Waals surface area contributed by atoms with Crippen LogP contribution in [0.5, 0.6) is 0 Å². The number of rotatable bonds is 1. The summed E-state index contributed by atoms with van der Waals surface area (Å²) in [6, 6.07) is 0. The van der Waals surface area contributed by atoms with E-state index in [4.69, 9.17) is 4.96 Å². The summed E-state index contributed by atoms with van der Waals surface area (Å²) in [6.45, 7) is 0. The lowest BCUT2D eigenvalue weighted by molar-refractivity contribution is 0.523. The highest BCUT2D eigenvalue weighted by Gasteiger charge is 1.74. The number of hydrogen-bond donors (Lipinski definition) is 0. The molecule has 0 heterocycles. The van der Waals surface area contributed by atoms with Crippen LogP contribution >= 0.6 is 11.9 Å². The van der Waals surface area contributed by atoms with Gasteiger partial charge in [0.2, 0.25) is 0 Å². The molecule has 0 spiro atoms. The molecule has 0 aliphatic heterocycles. The maximum atomic E-state index is 8.44. The van der Waals surface area contributed by atoms with Gasteiger partial charge in [-0.1, -0.05) is 0 Å². The van der Waals surface area contributed by atoms with Gasteiger partial charge in [-0.3, -0.25) is 0 Å². The van der Waals surface area contributed by atoms with Crippen molar-refractivity contribution in [3.63, 3.8) is 0 Å². The summed E-state index contributed by atoms with van der Waals surface area (Å²) in [5.41, 5.74) is 0. The highest BCUT2D eigenvalue weighted by atomic mass is 35.5. The van der Waals surface area contributed by atoms with Gasteiger partial charge in [0, 0.05) is 0 Å². The molecule has 0 atom stereocenters. The number of hydrogen-bond acceptors (Lipinski definition) is 2. The van der Waals surface area contributed by atoms with Crippen LogP contribution in [0.15, 0.2) is 0 Å². The van der Waals surface area contributed by atoms with Gasteiger partial charge in [0.05, 0.1) is 4.44 Å². The Morgan fingerprint density at radius 2 is 2.25 bits per heavy atom. The first-order valence-corrected chi connectivity index (χ1v) is 0.796. The molecule has 0 rings (SSSR count). The summed E-state index contributed by atoms with van der Waals surface area (Å²) in [5, 5.41) is 0. The Hall–Kier alpha value is -0.310. The lowest BCUT2D eigenvalue weighted by atomic mass is 14.8. The predicted molar refractivity (Wildman–Crippen MR) is 13.7 cm³/mol. The van der Waals surface area contributed by atoms with Crippen molar-refractivity contribution in [2.24, 2.45) is 0 Å². The molecule has 0 aromatic carbocycles. The standard InChI is InChI=1S/ClO3/c1-3-4-2/q+1. The van der Waals surface area contributed by atoms with E-state index in [-0.39, 0.29) is 0 Å². The molecule has 0 N–H and O–H groups in total. The molecule has 0 unspecified atom stereocenters. The third-order valence-electron chi connectivity index (χ3n) is 0.0257. The van der Waals surface area contributed by atoms with Gasteiger partial charge in [-0.25, -0.2) is 0 Å². The molecular formula is ClO3+. The molecule has 0 radical (unpaired) electrons. The molecule has 0 saturated heterocycles. The average Bonchev–Trinajstić information content (AvgIpc) is 1.37. The Labute approximate surface area is 27.1 Å². The predicted octanol–water partition coefficient (Wildman–Crippen LogP) is 0.688. The van der Waals surface area contributed by atoms with Gasteiger partial charge in [-0.2, -0.15) is 0 Å². The van der Waals surface area contributed by atoms with E-state index in [0.29, 0.717) is 0 Å². The van der Waals surface area contributed by atoms with E-state index in [1.54, 1.807) is 0 Å². The van der Waals surface area contributed by atoms with Crippen molar-refractivity contribution in [2.45, 2.75) is 0 Å². The van der Waals surface area contributed by atoms with Gasteiger partial charge in [-0.05, 0) is 0 Å². The Bertz CT molecular complexity index is 17.2. The minimum Gasteiger partial charge on any atom is 0.0604 e. The largest absolute Gasteiger partial charge is 0.398 e. The molecule has 0 aliphatic carbocycles. The Kier molecular flexibility index (Phi) is 2.48. The van der Waals surface area contributed by atoms with Gasteiger partial charge in [-0.15, -0.1) is 0 Å². The first kappa shape index (κ1) is 3.69. The Morgan fingerprint density at radius 3 is 2.25 bits per heavy atom. The van der Waals surface area contributed by atoms with Crippen LogP contribution in [-0.4, -0.2) is 0 Å². The molecule has 0 aliphatic rings. The summed E-state index contributed by atoms with van der Waals surface area (Å²) in [6.07, 6.45) is 0. The van der Waals surface area contributed by atoms with E-state index in [0.717, 1.165) is 0 Å². The molecule has 3 nitrogen and oxygen atoms in total. The monoisotopic (exact) mass is 83.0 g/mol. The normalized spacial score (nSPS) is 5.25. The lowest BCUT2D eigenvalue weighted by Gasteiger charge is -1.30. The van der Waals surface area contributed by atoms with Crippen LogP contribution in [-0.2, 0) is 4.44 Å². The van der Waals surface area contributed by atoms with Gasteiger partial charge in [0.1, 0.15) is 0 Å². The van der Waals surface area contributed by atoms with Gasteiger partial charge in [0.25, 0.3) is 16.8 Å². The first-order valence-electron chi connectivity index (χ1n) is 0.488. The minimum atomic E-state index is 2.56. The second-order valence-corrected chi connectivity index (χ2v) is 0.257. The second kappa shape index (κ2) is 2.69. The van der Waals surface area contributed by atoms with Gasteiger partial charge >= 0.3 is 4.75 Å². The topological polar surface area (TPSA) is 37.6 Å². The maximum absolute atomic E-state index is 8.44. The highest BCUT2D eigenvalue weighted by molar-refractivity contribution is 6.07. The fourth-order valence-corrected chi connectivity index (χ4v) is 0. The van der Waals surface area contributed by atoms with E-state index < -0.39 is 0 Å². The second-order valence-electron chi connectivity index (χ2n) is 0.131. The van der Waals surface area contributed by atoms with Crippen molar-refractivity contribution in [1.82, 2.24) is 0 Å². The smallest absolute Gasteiger partial charge is 0.0604 e. The summed E-state index contributed by atoms with van der Waals surface area (Å²) in [7, 11) is 0. The fourth-order valence-electron chi connectivity index (χ4n) is 0. The Morgan fingerprint density at radius 1 is 2.00 bits per heavy atom. The average molecular weight is 83.5 g/mol. The van der Waals surface area contributed by atoms with E-state index >= 15 is 0 Å². The van der Waals surface area contributed by atoms with Crippen LogP contribution < -0.4 is 0 Å². The van der Waals surface area contributed by atoms with Gasteiger partial charge in [0.15, 0.2) is 0 Å². The van der Waals surface area contributed by atoms with Crippen molar-refractivity contribution >= 4 is 11.9 Å². The van der Waals surface area contributed by atoms with Crippen LogP contribution in [0.3, 0.4) is 0 Å². The third-order valence-corrected chi connectivity index (χ3v) is 0.0772. The van der Waals surface area contributed by atoms with Crippen molar-refractivity contribution in [2.75, 3.05) is 0 Å². The minimum absolute atomic E-state index is 2.56. The molecule has 4 heteroatoms. The van der Waals surface area contributed by atoms with Crippen molar-refractivity contribution in [1.29, 1.82) is 0 Å². The van der Waals surface area contributed by atoms with E-state index in [1.165, 1.54) is 0 Å². The zero-order valence-corrected chi connectivity index (χ0v) is 2.36. The van der Waals surface area contributed by atoms with Crippen LogP contribution in [0.1, 0.15) is 0 Å². The van der Waals surface area contributed by atoms with Crippen LogP contribution in [0.2, 0.25) is 0 Å². The molecular weight excluding hydrogens is 83.5 g/mol. The Balaban J connectivity index is 2.30. The summed E-state index contributed by atoms with van der Waals surface area (Å²) < 4.78 is 5.52. The van der Waals surface area contributed by atoms with Crippen molar-refractivity contribution in [3.05, 3.63) is 9.71 Å². The first-order chi connectivity index (χ1) is 1.91. The molecule has 0 bridgehead atoms. The van der Waals surface area contributed by atoms with Crippen LogP contribution in [0, 0.1) is 9.71 Å². The van der Waals surface area contributed by atoms with Crippen LogP contribution in [0.25, 0.3) is 0 Å². The molecule has 0 aromatic heterocycles. The van der Waals surface area contributed by atoms with Crippen molar-refractivity contribution in [3.8, 4) is 0 Å². The van der Waals surface area contributed by atoms with Crippen LogP contribution in [0.4, 0.5) is 0 Å². The molecule has 0 fully saturated rings. The zero-order chi connectivity index (χ0) is 3.41. The molecule has 0 aromatic rings. The summed E-state index contributed by atoms with van der Waals surface area (Å²) in [5.74, 6) is 0. The molecule has 24 valence electrons. The highest BCUT2D eigenvalue weighted by Crippen LogP contribution is 1.68. The molecule has 0 amide bonds. The number of halogens is 1. The fraction of sp³-hybridized carbons (Fsp3) is 0.